The third-order valence-electron chi connectivity index (χ3n) is 3.46. The van der Waals surface area contributed by atoms with Crippen LogP contribution in [0.25, 0.3) is 0 Å². The van der Waals surface area contributed by atoms with E-state index >= 15 is 0 Å². The van der Waals surface area contributed by atoms with Gasteiger partial charge >= 0.3 is 5.97 Å². The summed E-state index contributed by atoms with van der Waals surface area (Å²) in [5.41, 5.74) is 6.16. The maximum absolute atomic E-state index is 12.1. The number of rotatable bonds is 6. The first kappa shape index (κ1) is 15.2. The Kier molecular flexibility index (Phi) is 5.82. The Morgan fingerprint density at radius 3 is 2.28 bits per heavy atom. The third kappa shape index (κ3) is 3.56. The number of benzene rings is 1. The van der Waals surface area contributed by atoms with Crippen molar-refractivity contribution >= 4 is 21.9 Å². The number of carbonyl (C=O) groups is 1. The summed E-state index contributed by atoms with van der Waals surface area (Å²) < 4.78 is 6.38. The predicted octanol–water partition coefficient (Wildman–Crippen LogP) is 3.26. The molecule has 100 valence electrons. The van der Waals surface area contributed by atoms with Gasteiger partial charge in [-0.3, -0.25) is 4.79 Å². The number of halogens is 1. The van der Waals surface area contributed by atoms with E-state index in [2.05, 4.69) is 15.9 Å². The quantitative estimate of drug-likeness (QED) is 0.820. The van der Waals surface area contributed by atoms with Gasteiger partial charge in [-0.15, -0.1) is 0 Å². The molecule has 4 heteroatoms. The normalized spacial score (nSPS) is 11.3. The van der Waals surface area contributed by atoms with E-state index in [1.807, 2.05) is 38.1 Å². The molecule has 0 spiro atoms. The Balaban J connectivity index is 2.62. The van der Waals surface area contributed by atoms with E-state index < -0.39 is 5.41 Å². The molecular formula is C14H20BrNO2. The second-order valence-corrected chi connectivity index (χ2v) is 5.31. The number of carbonyl (C=O) groups excluding carboxylic acids is 1. The van der Waals surface area contributed by atoms with Gasteiger partial charge in [0.05, 0.1) is 5.41 Å². The van der Waals surface area contributed by atoms with Gasteiger partial charge < -0.3 is 10.5 Å². The van der Waals surface area contributed by atoms with E-state index in [1.54, 1.807) is 0 Å². The zero-order chi connectivity index (χ0) is 13.6. The van der Waals surface area contributed by atoms with Gasteiger partial charge in [-0.1, -0.05) is 41.9 Å². The van der Waals surface area contributed by atoms with Crippen LogP contribution in [0.5, 0.6) is 0 Å². The number of ether oxygens (including phenoxy) is 1. The van der Waals surface area contributed by atoms with Gasteiger partial charge in [0.1, 0.15) is 6.61 Å². The first-order valence-corrected chi connectivity index (χ1v) is 6.99. The van der Waals surface area contributed by atoms with Crippen LogP contribution in [0, 0.1) is 5.41 Å². The van der Waals surface area contributed by atoms with Crippen LogP contribution < -0.4 is 5.73 Å². The molecule has 0 heterocycles. The fraction of sp³-hybridized carbons (Fsp3) is 0.500. The maximum atomic E-state index is 12.1. The minimum Gasteiger partial charge on any atom is -0.460 e. The van der Waals surface area contributed by atoms with E-state index in [9.17, 15) is 4.79 Å². The van der Waals surface area contributed by atoms with Crippen molar-refractivity contribution in [1.82, 2.24) is 0 Å². The topological polar surface area (TPSA) is 52.3 Å². The highest BCUT2D eigenvalue weighted by molar-refractivity contribution is 9.10. The van der Waals surface area contributed by atoms with E-state index in [1.165, 1.54) is 0 Å². The van der Waals surface area contributed by atoms with Crippen LogP contribution in [0.4, 0.5) is 0 Å². The molecule has 0 amide bonds. The molecule has 3 nitrogen and oxygen atoms in total. The highest BCUT2D eigenvalue weighted by atomic mass is 79.9. The second-order valence-electron chi connectivity index (χ2n) is 4.39. The van der Waals surface area contributed by atoms with Crippen LogP contribution in [-0.2, 0) is 16.1 Å². The minimum atomic E-state index is -0.532. The SMILES string of the molecule is CCC(CC)(CN)C(=O)OCc1ccc(Br)cc1. The Morgan fingerprint density at radius 1 is 1.28 bits per heavy atom. The summed E-state index contributed by atoms with van der Waals surface area (Å²) in [5.74, 6) is -0.196. The van der Waals surface area contributed by atoms with E-state index in [4.69, 9.17) is 10.5 Å². The van der Waals surface area contributed by atoms with Crippen molar-refractivity contribution in [2.24, 2.45) is 11.1 Å². The lowest BCUT2D eigenvalue weighted by molar-refractivity contribution is -0.157. The molecule has 0 saturated heterocycles. The van der Waals surface area contributed by atoms with E-state index in [-0.39, 0.29) is 5.97 Å². The zero-order valence-electron chi connectivity index (χ0n) is 10.9. The fourth-order valence-electron chi connectivity index (χ4n) is 1.79. The molecule has 18 heavy (non-hydrogen) atoms. The zero-order valence-corrected chi connectivity index (χ0v) is 12.5. The Labute approximate surface area is 117 Å². The number of esters is 1. The summed E-state index contributed by atoms with van der Waals surface area (Å²) in [6.07, 6.45) is 1.42. The van der Waals surface area contributed by atoms with Gasteiger partial charge in [0.2, 0.25) is 0 Å². The smallest absolute Gasteiger partial charge is 0.313 e. The van der Waals surface area contributed by atoms with Crippen LogP contribution in [0.15, 0.2) is 28.7 Å². The Bertz CT molecular complexity index is 377. The van der Waals surface area contributed by atoms with Crippen molar-refractivity contribution in [2.45, 2.75) is 33.3 Å². The summed E-state index contributed by atoms with van der Waals surface area (Å²) in [6, 6.07) is 7.72. The highest BCUT2D eigenvalue weighted by Crippen LogP contribution is 2.27. The number of hydrogen-bond acceptors (Lipinski definition) is 3. The lowest BCUT2D eigenvalue weighted by Crippen LogP contribution is -2.38. The van der Waals surface area contributed by atoms with Gasteiger partial charge in [-0.2, -0.15) is 0 Å². The van der Waals surface area contributed by atoms with E-state index in [0.717, 1.165) is 10.0 Å². The lowest BCUT2D eigenvalue weighted by Gasteiger charge is -2.27. The number of nitrogens with two attached hydrogens (primary N) is 1. The average Bonchev–Trinajstić information content (AvgIpc) is 2.41. The molecule has 0 fully saturated rings. The van der Waals surface area contributed by atoms with Gasteiger partial charge in [-0.05, 0) is 30.5 Å². The van der Waals surface area contributed by atoms with Crippen LogP contribution in [0.3, 0.4) is 0 Å². The molecule has 0 aliphatic rings. The first-order valence-electron chi connectivity index (χ1n) is 6.19. The van der Waals surface area contributed by atoms with Gasteiger partial charge in [0.25, 0.3) is 0 Å². The highest BCUT2D eigenvalue weighted by Gasteiger charge is 2.34. The largest absolute Gasteiger partial charge is 0.460 e. The molecule has 1 aromatic rings. The molecule has 2 N–H and O–H groups in total. The Morgan fingerprint density at radius 2 is 1.83 bits per heavy atom. The predicted molar refractivity (Wildman–Crippen MR) is 76.0 cm³/mol. The monoisotopic (exact) mass is 313 g/mol. The molecule has 1 aromatic carbocycles. The lowest BCUT2D eigenvalue weighted by atomic mass is 9.82. The molecule has 0 aromatic heterocycles. The summed E-state index contributed by atoms with van der Waals surface area (Å²) >= 11 is 3.37. The van der Waals surface area contributed by atoms with Gasteiger partial charge in [0, 0.05) is 11.0 Å². The molecular weight excluding hydrogens is 294 g/mol. The minimum absolute atomic E-state index is 0.196. The Hall–Kier alpha value is -0.870. The number of hydrogen-bond donors (Lipinski definition) is 1. The standard InChI is InChI=1S/C14H20BrNO2/c1-3-14(4-2,10-16)13(17)18-9-11-5-7-12(15)8-6-11/h5-8H,3-4,9-10,16H2,1-2H3. The summed E-state index contributed by atoms with van der Waals surface area (Å²) in [6.45, 7) is 4.57. The summed E-state index contributed by atoms with van der Waals surface area (Å²) in [7, 11) is 0. The van der Waals surface area contributed by atoms with Crippen molar-refractivity contribution in [3.05, 3.63) is 34.3 Å². The molecule has 0 atom stereocenters. The molecule has 1 rings (SSSR count). The molecule has 0 radical (unpaired) electrons. The van der Waals surface area contributed by atoms with Crippen LogP contribution in [0.2, 0.25) is 0 Å². The molecule has 0 aliphatic heterocycles. The second kappa shape index (κ2) is 6.90. The third-order valence-corrected chi connectivity index (χ3v) is 3.99. The average molecular weight is 314 g/mol. The molecule has 0 bridgehead atoms. The van der Waals surface area contributed by atoms with Crippen molar-refractivity contribution in [2.75, 3.05) is 6.54 Å². The molecule has 0 aliphatic carbocycles. The van der Waals surface area contributed by atoms with Gasteiger partial charge in [0.15, 0.2) is 0 Å². The van der Waals surface area contributed by atoms with Crippen LogP contribution >= 0.6 is 15.9 Å². The first-order chi connectivity index (χ1) is 8.57. The fourth-order valence-corrected chi connectivity index (χ4v) is 2.06. The van der Waals surface area contributed by atoms with Crippen molar-refractivity contribution in [1.29, 1.82) is 0 Å². The van der Waals surface area contributed by atoms with Crippen molar-refractivity contribution in [3.8, 4) is 0 Å². The molecule has 0 unspecified atom stereocenters. The van der Waals surface area contributed by atoms with Crippen molar-refractivity contribution < 1.29 is 9.53 Å². The maximum Gasteiger partial charge on any atom is 0.313 e. The van der Waals surface area contributed by atoms with E-state index in [0.29, 0.717) is 26.0 Å². The van der Waals surface area contributed by atoms with Crippen molar-refractivity contribution in [3.63, 3.8) is 0 Å². The summed E-state index contributed by atoms with van der Waals surface area (Å²) in [5, 5.41) is 0. The van der Waals surface area contributed by atoms with Gasteiger partial charge in [-0.25, -0.2) is 0 Å². The van der Waals surface area contributed by atoms with Crippen LogP contribution in [0.1, 0.15) is 32.3 Å². The summed E-state index contributed by atoms with van der Waals surface area (Å²) in [4.78, 5) is 12.1. The molecule has 0 saturated carbocycles. The van der Waals surface area contributed by atoms with Crippen LogP contribution in [-0.4, -0.2) is 12.5 Å².